The van der Waals surface area contributed by atoms with Crippen molar-refractivity contribution in [1.82, 2.24) is 9.55 Å². The number of aryl methyl sites for hydroxylation is 2. The lowest BCUT2D eigenvalue weighted by Crippen LogP contribution is -2.19. The zero-order chi connectivity index (χ0) is 20.4. The molecule has 0 atom stereocenters. The number of thioether (sulfide) groups is 1. The summed E-state index contributed by atoms with van der Waals surface area (Å²) in [5, 5.41) is 4.22. The molecule has 8 heteroatoms. The average Bonchev–Trinajstić information content (AvgIpc) is 3.30. The molecule has 2 amide bonds. The molecule has 0 saturated carbocycles. The maximum atomic E-state index is 12.6. The third-order valence-corrected chi connectivity index (χ3v) is 7.06. The van der Waals surface area contributed by atoms with Crippen molar-refractivity contribution in [3.63, 3.8) is 0 Å². The van der Waals surface area contributed by atoms with E-state index in [1.807, 2.05) is 35.9 Å². The molecular weight excluding hydrogens is 404 g/mol. The van der Waals surface area contributed by atoms with Crippen molar-refractivity contribution in [1.29, 1.82) is 0 Å². The summed E-state index contributed by atoms with van der Waals surface area (Å²) in [6.45, 7) is 2.04. The van der Waals surface area contributed by atoms with E-state index in [0.29, 0.717) is 10.6 Å². The van der Waals surface area contributed by atoms with Crippen molar-refractivity contribution in [3.05, 3.63) is 58.2 Å². The minimum Gasteiger partial charge on any atom is -0.365 e. The summed E-state index contributed by atoms with van der Waals surface area (Å²) in [6.07, 6.45) is 7.56. The Balaban J connectivity index is 1.47. The normalized spacial score (nSPS) is 13.1. The maximum absolute atomic E-state index is 12.6. The third kappa shape index (κ3) is 4.23. The molecule has 1 aliphatic carbocycles. The molecular formula is C21H22N4O2S2. The smallest absolute Gasteiger partial charge is 0.251 e. The second kappa shape index (κ2) is 8.42. The molecule has 1 aromatic carbocycles. The predicted octanol–water partition coefficient (Wildman–Crippen LogP) is 3.95. The Bertz CT molecular complexity index is 1070. The van der Waals surface area contributed by atoms with Gasteiger partial charge in [-0.05, 0) is 55.9 Å². The summed E-state index contributed by atoms with van der Waals surface area (Å²) in [6, 6.07) is 8.11. The molecule has 0 radical (unpaired) electrons. The highest BCUT2D eigenvalue weighted by Crippen LogP contribution is 2.38. The standard InChI is InChI=1S/C21H22N4O2S2/c1-13-5-4-6-14(11-13)25-10-9-23-21(25)28-12-17(26)24-20-18(19(22)27)15-7-2-3-8-16(15)29-20/h4-6,9-11H,2-3,7-8,12H2,1H3,(H2,22,27)(H,24,26). The van der Waals surface area contributed by atoms with Crippen LogP contribution in [0, 0.1) is 6.92 Å². The van der Waals surface area contributed by atoms with Gasteiger partial charge in [0.25, 0.3) is 5.91 Å². The van der Waals surface area contributed by atoms with Crippen LogP contribution in [-0.2, 0) is 17.6 Å². The van der Waals surface area contributed by atoms with E-state index in [1.54, 1.807) is 6.20 Å². The second-order valence-electron chi connectivity index (χ2n) is 7.03. The highest BCUT2D eigenvalue weighted by molar-refractivity contribution is 7.99. The quantitative estimate of drug-likeness (QED) is 0.584. The topological polar surface area (TPSA) is 90.0 Å². The van der Waals surface area contributed by atoms with Gasteiger partial charge in [0, 0.05) is 23.0 Å². The van der Waals surface area contributed by atoms with Crippen LogP contribution >= 0.6 is 23.1 Å². The van der Waals surface area contributed by atoms with Gasteiger partial charge in [0.2, 0.25) is 5.91 Å². The lowest BCUT2D eigenvalue weighted by Gasteiger charge is -2.11. The molecule has 0 bridgehead atoms. The number of nitrogens with zero attached hydrogens (tertiary/aromatic N) is 2. The Kier molecular flexibility index (Phi) is 5.73. The number of imidazole rings is 1. The van der Waals surface area contributed by atoms with Crippen LogP contribution in [0.5, 0.6) is 0 Å². The zero-order valence-corrected chi connectivity index (χ0v) is 17.7. The van der Waals surface area contributed by atoms with Gasteiger partial charge in [-0.1, -0.05) is 23.9 Å². The van der Waals surface area contributed by atoms with Gasteiger partial charge >= 0.3 is 0 Å². The van der Waals surface area contributed by atoms with Crippen molar-refractivity contribution in [2.75, 3.05) is 11.1 Å². The van der Waals surface area contributed by atoms with Gasteiger partial charge in [-0.15, -0.1) is 11.3 Å². The minimum absolute atomic E-state index is 0.171. The monoisotopic (exact) mass is 426 g/mol. The van der Waals surface area contributed by atoms with Gasteiger partial charge < -0.3 is 11.1 Å². The van der Waals surface area contributed by atoms with Gasteiger partial charge in [0.15, 0.2) is 5.16 Å². The second-order valence-corrected chi connectivity index (χ2v) is 9.08. The molecule has 0 aliphatic heterocycles. The first-order valence-corrected chi connectivity index (χ1v) is 11.3. The summed E-state index contributed by atoms with van der Waals surface area (Å²) < 4.78 is 1.96. The van der Waals surface area contributed by atoms with Crippen molar-refractivity contribution < 1.29 is 9.59 Å². The van der Waals surface area contributed by atoms with Crippen molar-refractivity contribution in [2.45, 2.75) is 37.8 Å². The van der Waals surface area contributed by atoms with Gasteiger partial charge in [-0.2, -0.15) is 0 Å². The van der Waals surface area contributed by atoms with E-state index in [-0.39, 0.29) is 11.7 Å². The SMILES string of the molecule is Cc1cccc(-n2ccnc2SCC(=O)Nc2sc3c(c2C(N)=O)CCCC3)c1. The van der Waals surface area contributed by atoms with Gasteiger partial charge in [-0.3, -0.25) is 14.2 Å². The van der Waals surface area contributed by atoms with Crippen molar-refractivity contribution >= 4 is 39.9 Å². The van der Waals surface area contributed by atoms with Crippen LogP contribution < -0.4 is 11.1 Å². The van der Waals surface area contributed by atoms with E-state index >= 15 is 0 Å². The molecule has 4 rings (SSSR count). The van der Waals surface area contributed by atoms with E-state index in [9.17, 15) is 9.59 Å². The van der Waals surface area contributed by atoms with Gasteiger partial charge in [-0.25, -0.2) is 4.98 Å². The molecule has 150 valence electrons. The van der Waals surface area contributed by atoms with E-state index in [0.717, 1.165) is 47.7 Å². The lowest BCUT2D eigenvalue weighted by atomic mass is 9.95. The molecule has 6 nitrogen and oxygen atoms in total. The first-order valence-electron chi connectivity index (χ1n) is 9.50. The molecule has 0 saturated heterocycles. The number of fused-ring (bicyclic) bond motifs is 1. The Hall–Kier alpha value is -2.58. The Morgan fingerprint density at radius 2 is 2.14 bits per heavy atom. The van der Waals surface area contributed by atoms with E-state index in [4.69, 9.17) is 5.73 Å². The average molecular weight is 427 g/mol. The fourth-order valence-electron chi connectivity index (χ4n) is 3.58. The molecule has 0 spiro atoms. The molecule has 3 aromatic rings. The Morgan fingerprint density at radius 1 is 1.31 bits per heavy atom. The van der Waals surface area contributed by atoms with E-state index in [2.05, 4.69) is 16.4 Å². The fourth-order valence-corrected chi connectivity index (χ4v) is 5.66. The molecule has 3 N–H and O–H groups in total. The van der Waals surface area contributed by atoms with Crippen molar-refractivity contribution in [3.8, 4) is 5.69 Å². The molecule has 2 heterocycles. The Morgan fingerprint density at radius 3 is 2.93 bits per heavy atom. The largest absolute Gasteiger partial charge is 0.365 e. The number of amides is 2. The predicted molar refractivity (Wildman–Crippen MR) is 117 cm³/mol. The van der Waals surface area contributed by atoms with Crippen LogP contribution in [0.2, 0.25) is 0 Å². The number of thiophene rings is 1. The number of anilines is 1. The number of carbonyl (C=O) groups excluding carboxylic acids is 2. The molecule has 0 unspecified atom stereocenters. The number of hydrogen-bond acceptors (Lipinski definition) is 5. The summed E-state index contributed by atoms with van der Waals surface area (Å²) >= 11 is 2.84. The fraction of sp³-hybridized carbons (Fsp3) is 0.286. The highest BCUT2D eigenvalue weighted by atomic mass is 32.2. The van der Waals surface area contributed by atoms with Gasteiger partial charge in [0.05, 0.1) is 11.3 Å². The van der Waals surface area contributed by atoms with Crippen LogP contribution in [0.15, 0.2) is 41.8 Å². The number of benzene rings is 1. The number of rotatable bonds is 6. The van der Waals surface area contributed by atoms with Crippen LogP contribution in [-0.4, -0.2) is 27.1 Å². The number of carbonyl (C=O) groups is 2. The third-order valence-electron chi connectivity index (χ3n) is 4.89. The lowest BCUT2D eigenvalue weighted by molar-refractivity contribution is -0.113. The van der Waals surface area contributed by atoms with E-state index in [1.165, 1.54) is 28.0 Å². The van der Waals surface area contributed by atoms with Crippen LogP contribution in [0.3, 0.4) is 0 Å². The number of nitrogens with one attached hydrogen (secondary N) is 1. The molecule has 29 heavy (non-hydrogen) atoms. The van der Waals surface area contributed by atoms with Gasteiger partial charge in [0.1, 0.15) is 5.00 Å². The highest BCUT2D eigenvalue weighted by Gasteiger charge is 2.25. The first-order chi connectivity index (χ1) is 14.0. The van der Waals surface area contributed by atoms with Crippen LogP contribution in [0.4, 0.5) is 5.00 Å². The minimum atomic E-state index is -0.470. The molecule has 0 fully saturated rings. The Labute approximate surface area is 177 Å². The number of primary amides is 1. The van der Waals surface area contributed by atoms with Crippen LogP contribution in [0.25, 0.3) is 5.69 Å². The van der Waals surface area contributed by atoms with Crippen LogP contribution in [0.1, 0.15) is 39.2 Å². The molecule has 1 aliphatic rings. The number of hydrogen-bond donors (Lipinski definition) is 2. The summed E-state index contributed by atoms with van der Waals surface area (Å²) in [7, 11) is 0. The summed E-state index contributed by atoms with van der Waals surface area (Å²) in [4.78, 5) is 30.1. The van der Waals surface area contributed by atoms with Crippen molar-refractivity contribution in [2.24, 2.45) is 5.73 Å². The first kappa shape index (κ1) is 19.7. The maximum Gasteiger partial charge on any atom is 0.251 e. The summed E-state index contributed by atoms with van der Waals surface area (Å²) in [5.41, 5.74) is 9.28. The number of aromatic nitrogens is 2. The number of nitrogens with two attached hydrogens (primary N) is 1. The summed E-state index contributed by atoms with van der Waals surface area (Å²) in [5.74, 6) is -0.443. The zero-order valence-electron chi connectivity index (χ0n) is 16.1. The molecule has 2 aromatic heterocycles. The van der Waals surface area contributed by atoms with E-state index < -0.39 is 5.91 Å².